The molecule has 0 fully saturated rings. The van der Waals surface area contributed by atoms with Gasteiger partial charge in [-0.2, -0.15) is 5.10 Å². The quantitative estimate of drug-likeness (QED) is 0.409. The van der Waals surface area contributed by atoms with Crippen LogP contribution >= 0.6 is 11.6 Å². The zero-order chi connectivity index (χ0) is 22.9. The van der Waals surface area contributed by atoms with Crippen molar-refractivity contribution < 1.29 is 18.7 Å². The van der Waals surface area contributed by atoms with Crippen LogP contribution in [0.15, 0.2) is 76.6 Å². The highest BCUT2D eigenvalue weighted by atomic mass is 35.5. The molecular formula is C24H19ClN4O4. The standard InChI is InChI=1S/C24H19ClN4O4/c1-15-4-2-6-22-26-19(13-28(15)22)24(31)33-14-23(30)29-20(21-5-3-11-32-21)12-18(27-29)16-7-9-17(25)10-8-16/h2-11,13,20H,12,14H2,1H3. The normalized spacial score (nSPS) is 15.6. The Morgan fingerprint density at radius 2 is 1.97 bits per heavy atom. The minimum Gasteiger partial charge on any atom is -0.467 e. The topological polar surface area (TPSA) is 89.4 Å². The van der Waals surface area contributed by atoms with Crippen molar-refractivity contribution in [1.29, 1.82) is 0 Å². The Balaban J connectivity index is 1.34. The van der Waals surface area contributed by atoms with Gasteiger partial charge >= 0.3 is 5.97 Å². The van der Waals surface area contributed by atoms with Crippen LogP contribution in [0.4, 0.5) is 0 Å². The predicted molar refractivity (Wildman–Crippen MR) is 121 cm³/mol. The number of halogens is 1. The largest absolute Gasteiger partial charge is 0.467 e. The fraction of sp³-hybridized carbons (Fsp3) is 0.167. The van der Waals surface area contributed by atoms with Gasteiger partial charge in [0, 0.05) is 23.3 Å². The van der Waals surface area contributed by atoms with Gasteiger partial charge in [0.15, 0.2) is 12.3 Å². The molecule has 1 aliphatic heterocycles. The smallest absolute Gasteiger partial charge is 0.359 e. The molecule has 0 bridgehead atoms. The molecule has 1 amide bonds. The maximum absolute atomic E-state index is 13.0. The van der Waals surface area contributed by atoms with E-state index in [0.717, 1.165) is 11.3 Å². The van der Waals surface area contributed by atoms with Crippen LogP contribution in [-0.2, 0) is 9.53 Å². The van der Waals surface area contributed by atoms with Crippen molar-refractivity contribution in [2.45, 2.75) is 19.4 Å². The van der Waals surface area contributed by atoms with Gasteiger partial charge in [-0.05, 0) is 48.9 Å². The molecule has 9 heteroatoms. The Bertz CT molecular complexity index is 1360. The molecule has 4 aromatic rings. The van der Waals surface area contributed by atoms with Gasteiger partial charge in [0.2, 0.25) is 0 Å². The summed E-state index contributed by atoms with van der Waals surface area (Å²) < 4.78 is 12.6. The number of aromatic nitrogens is 2. The summed E-state index contributed by atoms with van der Waals surface area (Å²) >= 11 is 5.99. The lowest BCUT2D eigenvalue weighted by molar-refractivity contribution is -0.136. The Morgan fingerprint density at radius 1 is 1.15 bits per heavy atom. The molecule has 1 aromatic carbocycles. The van der Waals surface area contributed by atoms with Crippen molar-refractivity contribution in [2.24, 2.45) is 5.10 Å². The third-order valence-corrected chi connectivity index (χ3v) is 5.70. The molecule has 5 rings (SSSR count). The molecule has 1 atom stereocenters. The molecule has 0 saturated heterocycles. The van der Waals surface area contributed by atoms with Gasteiger partial charge in [0.1, 0.15) is 17.4 Å². The molecule has 0 radical (unpaired) electrons. The molecule has 0 saturated carbocycles. The molecule has 166 valence electrons. The SMILES string of the molecule is Cc1cccc2nc(C(=O)OCC(=O)N3N=C(c4ccc(Cl)cc4)CC3c3ccco3)cn12. The van der Waals surface area contributed by atoms with Crippen molar-refractivity contribution in [1.82, 2.24) is 14.4 Å². The number of nitrogens with zero attached hydrogens (tertiary/aromatic N) is 4. The maximum Gasteiger partial charge on any atom is 0.359 e. The third-order valence-electron chi connectivity index (χ3n) is 5.45. The number of esters is 1. The first kappa shape index (κ1) is 21.0. The molecule has 8 nitrogen and oxygen atoms in total. The maximum atomic E-state index is 13.0. The molecule has 1 unspecified atom stereocenters. The van der Waals surface area contributed by atoms with Crippen molar-refractivity contribution in [3.8, 4) is 0 Å². The minimum atomic E-state index is -0.679. The van der Waals surface area contributed by atoms with Crippen LogP contribution in [0.5, 0.6) is 0 Å². The highest BCUT2D eigenvalue weighted by Gasteiger charge is 2.35. The van der Waals surface area contributed by atoms with E-state index >= 15 is 0 Å². The number of fused-ring (bicyclic) bond motifs is 1. The van der Waals surface area contributed by atoms with Gasteiger partial charge in [0.05, 0.1) is 12.0 Å². The Kier molecular flexibility index (Phi) is 5.43. The summed E-state index contributed by atoms with van der Waals surface area (Å²) in [5.74, 6) is -0.547. The fourth-order valence-electron chi connectivity index (χ4n) is 3.77. The minimum absolute atomic E-state index is 0.131. The van der Waals surface area contributed by atoms with E-state index in [4.69, 9.17) is 20.8 Å². The third kappa shape index (κ3) is 4.12. The van der Waals surface area contributed by atoms with Crippen LogP contribution in [0.1, 0.15) is 40.0 Å². The Hall–Kier alpha value is -3.91. The number of hydrazone groups is 1. The first-order chi connectivity index (χ1) is 16.0. The number of carbonyl (C=O) groups is 2. The van der Waals surface area contributed by atoms with Gasteiger partial charge in [-0.3, -0.25) is 4.79 Å². The number of amides is 1. The van der Waals surface area contributed by atoms with E-state index in [-0.39, 0.29) is 5.69 Å². The molecule has 4 heterocycles. The molecule has 0 spiro atoms. The van der Waals surface area contributed by atoms with Crippen LogP contribution in [-0.4, -0.2) is 38.6 Å². The number of pyridine rings is 1. The van der Waals surface area contributed by atoms with Gasteiger partial charge in [-0.1, -0.05) is 29.8 Å². The summed E-state index contributed by atoms with van der Waals surface area (Å²) in [6.07, 6.45) is 3.60. The lowest BCUT2D eigenvalue weighted by Crippen LogP contribution is -2.31. The average Bonchev–Trinajstić information content (AvgIpc) is 3.57. The Morgan fingerprint density at radius 3 is 2.70 bits per heavy atom. The van der Waals surface area contributed by atoms with Gasteiger partial charge in [-0.15, -0.1) is 0 Å². The second-order valence-electron chi connectivity index (χ2n) is 7.62. The highest BCUT2D eigenvalue weighted by molar-refractivity contribution is 6.30. The van der Waals surface area contributed by atoms with Crippen LogP contribution < -0.4 is 0 Å². The summed E-state index contributed by atoms with van der Waals surface area (Å²) in [7, 11) is 0. The predicted octanol–water partition coefficient (Wildman–Crippen LogP) is 4.42. The zero-order valence-electron chi connectivity index (χ0n) is 17.6. The molecule has 1 aliphatic rings. The summed E-state index contributed by atoms with van der Waals surface area (Å²) in [6.45, 7) is 1.44. The molecule has 0 aliphatic carbocycles. The van der Waals surface area contributed by atoms with E-state index in [2.05, 4.69) is 10.1 Å². The number of imidazole rings is 1. The number of ether oxygens (including phenoxy) is 1. The first-order valence-corrected chi connectivity index (χ1v) is 10.7. The number of furan rings is 1. The lowest BCUT2D eigenvalue weighted by atomic mass is 10.0. The van der Waals surface area contributed by atoms with E-state index in [0.29, 0.717) is 28.6 Å². The van der Waals surface area contributed by atoms with Gasteiger partial charge in [0.25, 0.3) is 5.91 Å². The number of carbonyl (C=O) groups excluding carboxylic acids is 2. The summed E-state index contributed by atoms with van der Waals surface area (Å²) in [5.41, 5.74) is 3.25. The second kappa shape index (κ2) is 8.55. The molecule has 0 N–H and O–H groups in total. The van der Waals surface area contributed by atoms with Gasteiger partial charge < -0.3 is 13.6 Å². The number of rotatable bonds is 5. The van der Waals surface area contributed by atoms with Crippen molar-refractivity contribution >= 4 is 34.8 Å². The van der Waals surface area contributed by atoms with Gasteiger partial charge in [-0.25, -0.2) is 14.8 Å². The number of hydrogen-bond donors (Lipinski definition) is 0. The summed E-state index contributed by atoms with van der Waals surface area (Å²) in [5, 5.41) is 6.43. The van der Waals surface area contributed by atoms with E-state index in [1.54, 1.807) is 47.2 Å². The monoisotopic (exact) mass is 462 g/mol. The Labute approximate surface area is 194 Å². The van der Waals surface area contributed by atoms with E-state index in [9.17, 15) is 9.59 Å². The van der Waals surface area contributed by atoms with Crippen molar-refractivity contribution in [3.05, 3.63) is 94.8 Å². The van der Waals surface area contributed by atoms with E-state index < -0.39 is 24.5 Å². The highest BCUT2D eigenvalue weighted by Crippen LogP contribution is 2.33. The van der Waals surface area contributed by atoms with E-state index in [1.165, 1.54) is 5.01 Å². The number of hydrogen-bond acceptors (Lipinski definition) is 6. The van der Waals surface area contributed by atoms with Crippen LogP contribution in [0.25, 0.3) is 5.65 Å². The summed E-state index contributed by atoms with van der Waals surface area (Å²) in [4.78, 5) is 29.8. The number of benzene rings is 1. The van der Waals surface area contributed by atoms with Crippen LogP contribution in [0.2, 0.25) is 5.02 Å². The van der Waals surface area contributed by atoms with Crippen LogP contribution in [0.3, 0.4) is 0 Å². The zero-order valence-corrected chi connectivity index (χ0v) is 18.4. The molecular weight excluding hydrogens is 444 g/mol. The number of aryl methyl sites for hydroxylation is 1. The average molecular weight is 463 g/mol. The summed E-state index contributed by atoms with van der Waals surface area (Å²) in [6, 6.07) is 15.9. The molecule has 33 heavy (non-hydrogen) atoms. The van der Waals surface area contributed by atoms with E-state index in [1.807, 2.05) is 31.2 Å². The molecule has 3 aromatic heterocycles. The second-order valence-corrected chi connectivity index (χ2v) is 8.06. The van der Waals surface area contributed by atoms with Crippen LogP contribution in [0, 0.1) is 6.92 Å². The lowest BCUT2D eigenvalue weighted by Gasteiger charge is -2.19. The first-order valence-electron chi connectivity index (χ1n) is 10.3. The fourth-order valence-corrected chi connectivity index (χ4v) is 3.90. The van der Waals surface area contributed by atoms with Crippen molar-refractivity contribution in [2.75, 3.05) is 6.61 Å². The van der Waals surface area contributed by atoms with Crippen molar-refractivity contribution in [3.63, 3.8) is 0 Å².